The Labute approximate surface area is 175 Å². The number of benzene rings is 2. The fourth-order valence-corrected chi connectivity index (χ4v) is 2.99. The SMILES string of the molecule is COCCOc1ccc(C(F)(F)F)cc1NC(=O)c1cc(Cl)c2c(c1)OCCCO2. The van der Waals surface area contributed by atoms with Crippen LogP contribution in [0.2, 0.25) is 5.02 Å². The molecular formula is C20H19ClF3NO5. The second kappa shape index (κ2) is 9.44. The molecule has 1 aliphatic heterocycles. The van der Waals surface area contributed by atoms with E-state index in [4.69, 9.17) is 30.5 Å². The van der Waals surface area contributed by atoms with Crippen molar-refractivity contribution in [2.24, 2.45) is 0 Å². The molecule has 0 fully saturated rings. The number of halogens is 4. The lowest BCUT2D eigenvalue weighted by Crippen LogP contribution is -2.15. The molecule has 0 atom stereocenters. The predicted octanol–water partition coefficient (Wildman–Crippen LogP) is 4.80. The summed E-state index contributed by atoms with van der Waals surface area (Å²) in [6, 6.07) is 5.63. The highest BCUT2D eigenvalue weighted by molar-refractivity contribution is 6.32. The van der Waals surface area contributed by atoms with E-state index in [0.29, 0.717) is 31.1 Å². The summed E-state index contributed by atoms with van der Waals surface area (Å²) in [5.41, 5.74) is -0.952. The van der Waals surface area contributed by atoms with Crippen molar-refractivity contribution in [3.8, 4) is 17.2 Å². The summed E-state index contributed by atoms with van der Waals surface area (Å²) in [5, 5.41) is 2.62. The van der Waals surface area contributed by atoms with E-state index in [9.17, 15) is 18.0 Å². The van der Waals surface area contributed by atoms with Crippen molar-refractivity contribution in [3.63, 3.8) is 0 Å². The molecule has 0 bridgehead atoms. The highest BCUT2D eigenvalue weighted by Crippen LogP contribution is 2.39. The monoisotopic (exact) mass is 445 g/mol. The maximum atomic E-state index is 13.1. The number of methoxy groups -OCH3 is 1. The van der Waals surface area contributed by atoms with Crippen molar-refractivity contribution in [3.05, 3.63) is 46.5 Å². The number of hydrogen-bond donors (Lipinski definition) is 1. The quantitative estimate of drug-likeness (QED) is 0.647. The molecular weight excluding hydrogens is 427 g/mol. The van der Waals surface area contributed by atoms with Gasteiger partial charge in [-0.25, -0.2) is 0 Å². The number of carbonyl (C=O) groups is 1. The van der Waals surface area contributed by atoms with Crippen molar-refractivity contribution in [2.75, 3.05) is 38.9 Å². The van der Waals surface area contributed by atoms with Gasteiger partial charge in [0.15, 0.2) is 11.5 Å². The molecule has 1 N–H and O–H groups in total. The first-order valence-corrected chi connectivity index (χ1v) is 9.41. The van der Waals surface area contributed by atoms with Crippen LogP contribution in [0.1, 0.15) is 22.3 Å². The summed E-state index contributed by atoms with van der Waals surface area (Å²) >= 11 is 6.20. The van der Waals surface area contributed by atoms with Crippen LogP contribution in [0.5, 0.6) is 17.2 Å². The van der Waals surface area contributed by atoms with Crippen LogP contribution >= 0.6 is 11.6 Å². The predicted molar refractivity (Wildman–Crippen MR) is 104 cm³/mol. The second-order valence-electron chi connectivity index (χ2n) is 6.34. The molecule has 0 saturated heterocycles. The van der Waals surface area contributed by atoms with E-state index in [1.165, 1.54) is 19.2 Å². The minimum absolute atomic E-state index is 0.0776. The van der Waals surface area contributed by atoms with Crippen LogP contribution in [0, 0.1) is 0 Å². The lowest BCUT2D eigenvalue weighted by atomic mass is 10.1. The Balaban J connectivity index is 1.89. The molecule has 2 aromatic rings. The van der Waals surface area contributed by atoms with Crippen molar-refractivity contribution in [1.29, 1.82) is 0 Å². The van der Waals surface area contributed by atoms with Gasteiger partial charge in [-0.1, -0.05) is 11.6 Å². The normalized spacial score (nSPS) is 13.5. The summed E-state index contributed by atoms with van der Waals surface area (Å²) < 4.78 is 60.7. The van der Waals surface area contributed by atoms with Crippen molar-refractivity contribution in [1.82, 2.24) is 0 Å². The maximum Gasteiger partial charge on any atom is 0.416 e. The Morgan fingerprint density at radius 3 is 2.67 bits per heavy atom. The van der Waals surface area contributed by atoms with Gasteiger partial charge in [0.1, 0.15) is 12.4 Å². The number of amides is 1. The lowest BCUT2D eigenvalue weighted by molar-refractivity contribution is -0.137. The average Bonchev–Trinajstić information content (AvgIpc) is 2.94. The average molecular weight is 446 g/mol. The van der Waals surface area contributed by atoms with Crippen molar-refractivity contribution in [2.45, 2.75) is 12.6 Å². The molecule has 0 unspecified atom stereocenters. The minimum Gasteiger partial charge on any atom is -0.489 e. The van der Waals surface area contributed by atoms with Crippen LogP contribution in [0.15, 0.2) is 30.3 Å². The van der Waals surface area contributed by atoms with E-state index in [1.54, 1.807) is 0 Å². The molecule has 1 amide bonds. The number of ether oxygens (including phenoxy) is 4. The Morgan fingerprint density at radius 2 is 1.93 bits per heavy atom. The van der Waals surface area contributed by atoms with Gasteiger partial charge in [-0.2, -0.15) is 13.2 Å². The third kappa shape index (κ3) is 5.28. The van der Waals surface area contributed by atoms with Crippen LogP contribution in [0.3, 0.4) is 0 Å². The number of alkyl halides is 3. The van der Waals surface area contributed by atoms with Gasteiger partial charge in [-0.15, -0.1) is 0 Å². The Hall–Kier alpha value is -2.65. The first-order chi connectivity index (χ1) is 14.3. The number of fused-ring (bicyclic) bond motifs is 1. The van der Waals surface area contributed by atoms with Gasteiger partial charge in [0.25, 0.3) is 5.91 Å². The zero-order valence-electron chi connectivity index (χ0n) is 16.0. The van der Waals surface area contributed by atoms with Gasteiger partial charge in [0.05, 0.1) is 36.1 Å². The van der Waals surface area contributed by atoms with Gasteiger partial charge in [0.2, 0.25) is 0 Å². The van der Waals surface area contributed by atoms with Crippen LogP contribution < -0.4 is 19.5 Å². The summed E-state index contributed by atoms with van der Waals surface area (Å²) in [6.45, 7) is 1.14. The van der Waals surface area contributed by atoms with E-state index >= 15 is 0 Å². The molecule has 1 aliphatic rings. The minimum atomic E-state index is -4.58. The molecule has 162 valence electrons. The molecule has 0 saturated carbocycles. The molecule has 2 aromatic carbocycles. The van der Waals surface area contributed by atoms with E-state index in [0.717, 1.165) is 18.2 Å². The third-order valence-electron chi connectivity index (χ3n) is 4.16. The lowest BCUT2D eigenvalue weighted by Gasteiger charge is -2.16. The number of carbonyl (C=O) groups excluding carboxylic acids is 1. The van der Waals surface area contributed by atoms with Crippen molar-refractivity contribution >= 4 is 23.2 Å². The maximum absolute atomic E-state index is 13.1. The largest absolute Gasteiger partial charge is 0.489 e. The van der Waals surface area contributed by atoms with Crippen molar-refractivity contribution < 1.29 is 36.9 Å². The van der Waals surface area contributed by atoms with E-state index in [2.05, 4.69) is 5.32 Å². The van der Waals surface area contributed by atoms with Crippen LogP contribution in [0.4, 0.5) is 18.9 Å². The molecule has 1 heterocycles. The van der Waals surface area contributed by atoms with Gasteiger partial charge in [-0.3, -0.25) is 4.79 Å². The Morgan fingerprint density at radius 1 is 1.17 bits per heavy atom. The standard InChI is InChI=1S/C20H19ClF3NO5/c1-27-7-8-29-16-4-3-13(20(22,23)24)11-15(16)25-19(26)12-9-14(21)18-17(10-12)28-5-2-6-30-18/h3-4,9-11H,2,5-8H2,1H3,(H,25,26). The topological polar surface area (TPSA) is 66.0 Å². The second-order valence-corrected chi connectivity index (χ2v) is 6.75. The molecule has 0 aliphatic carbocycles. The summed E-state index contributed by atoms with van der Waals surface area (Å²) in [7, 11) is 1.46. The Bertz CT molecular complexity index is 920. The first-order valence-electron chi connectivity index (χ1n) is 9.03. The van der Waals surface area contributed by atoms with Gasteiger partial charge < -0.3 is 24.3 Å². The number of rotatable bonds is 6. The van der Waals surface area contributed by atoms with Gasteiger partial charge in [-0.05, 0) is 30.3 Å². The van der Waals surface area contributed by atoms with E-state index in [-0.39, 0.29) is 35.2 Å². The van der Waals surface area contributed by atoms with Crippen LogP contribution in [-0.2, 0) is 10.9 Å². The number of hydrogen-bond acceptors (Lipinski definition) is 5. The highest BCUT2D eigenvalue weighted by Gasteiger charge is 2.31. The summed E-state index contributed by atoms with van der Waals surface area (Å²) in [5.74, 6) is 0.0245. The smallest absolute Gasteiger partial charge is 0.416 e. The highest BCUT2D eigenvalue weighted by atomic mass is 35.5. The molecule has 10 heteroatoms. The fourth-order valence-electron chi connectivity index (χ4n) is 2.72. The van der Waals surface area contributed by atoms with Gasteiger partial charge in [0, 0.05) is 19.1 Å². The molecule has 0 radical (unpaired) electrons. The molecule has 0 aromatic heterocycles. The van der Waals surface area contributed by atoms with Crippen LogP contribution in [-0.4, -0.2) is 39.4 Å². The van der Waals surface area contributed by atoms with E-state index < -0.39 is 17.6 Å². The Kier molecular flexibility index (Phi) is 6.94. The molecule has 6 nitrogen and oxygen atoms in total. The van der Waals surface area contributed by atoms with E-state index in [1.807, 2.05) is 0 Å². The summed E-state index contributed by atoms with van der Waals surface area (Å²) in [6.07, 6.45) is -3.93. The fraction of sp³-hybridized carbons (Fsp3) is 0.350. The molecule has 3 rings (SSSR count). The zero-order valence-corrected chi connectivity index (χ0v) is 16.7. The first kappa shape index (κ1) is 22.0. The zero-order chi connectivity index (χ0) is 21.7. The van der Waals surface area contributed by atoms with Crippen LogP contribution in [0.25, 0.3) is 0 Å². The third-order valence-corrected chi connectivity index (χ3v) is 4.45. The molecule has 30 heavy (non-hydrogen) atoms. The number of nitrogens with one attached hydrogen (secondary N) is 1. The molecule has 0 spiro atoms. The number of anilines is 1. The summed E-state index contributed by atoms with van der Waals surface area (Å²) in [4.78, 5) is 12.8. The van der Waals surface area contributed by atoms with Gasteiger partial charge >= 0.3 is 6.18 Å².